The number of aromatic nitrogens is 2. The van der Waals surface area contributed by atoms with Gasteiger partial charge in [0, 0.05) is 51.1 Å². The van der Waals surface area contributed by atoms with Crippen molar-refractivity contribution in [2.24, 2.45) is 0 Å². The van der Waals surface area contributed by atoms with Gasteiger partial charge < -0.3 is 0 Å². The Morgan fingerprint density at radius 3 is 2.14 bits per heavy atom. The van der Waals surface area contributed by atoms with Gasteiger partial charge in [-0.25, -0.2) is 4.98 Å². The van der Waals surface area contributed by atoms with Crippen molar-refractivity contribution in [3.63, 3.8) is 0 Å². The van der Waals surface area contributed by atoms with Crippen LogP contribution in [0.2, 0.25) is 0 Å². The fraction of sp³-hybridized carbons (Fsp3) is 0. The van der Waals surface area contributed by atoms with E-state index in [1.54, 1.807) is 0 Å². The molecule has 4 aromatic heterocycles. The van der Waals surface area contributed by atoms with E-state index in [1.165, 1.54) is 62.0 Å². The zero-order valence-electron chi connectivity index (χ0n) is 18.4. The highest BCUT2D eigenvalue weighted by molar-refractivity contribution is 7.27. The van der Waals surface area contributed by atoms with E-state index >= 15 is 0 Å². The number of para-hydroxylation sites is 2. The third kappa shape index (κ3) is 2.22. The number of imidazole rings is 1. The normalized spacial score (nSPS) is 12.6. The van der Waals surface area contributed by atoms with Gasteiger partial charge in [0.15, 0.2) is 0 Å². The molecule has 4 heterocycles. The van der Waals surface area contributed by atoms with Gasteiger partial charge in [-0.15, -0.1) is 22.7 Å². The number of hydrogen-bond acceptors (Lipinski definition) is 3. The van der Waals surface area contributed by atoms with Crippen molar-refractivity contribution in [2.45, 2.75) is 0 Å². The molecule has 0 aliphatic heterocycles. The van der Waals surface area contributed by atoms with Gasteiger partial charge in [-0.1, -0.05) is 66.7 Å². The zero-order valence-corrected chi connectivity index (χ0v) is 20.1. The van der Waals surface area contributed by atoms with E-state index in [-0.39, 0.29) is 0 Å². The summed E-state index contributed by atoms with van der Waals surface area (Å²) in [5.41, 5.74) is 4.51. The smallest absolute Gasteiger partial charge is 0.147 e. The molecule has 9 rings (SSSR count). The maximum Gasteiger partial charge on any atom is 0.147 e. The third-order valence-electron chi connectivity index (χ3n) is 7.36. The Morgan fingerprint density at radius 2 is 1.23 bits per heavy atom. The van der Waals surface area contributed by atoms with Gasteiger partial charge in [0.2, 0.25) is 0 Å². The lowest BCUT2D eigenvalue weighted by molar-refractivity contribution is 1.33. The lowest BCUT2D eigenvalue weighted by Crippen LogP contribution is -1.92. The van der Waals surface area contributed by atoms with Gasteiger partial charge in [-0.2, -0.15) is 0 Å². The standard InChI is InChI=1S/C31H16N2S2/c1-5-11-24-17(7-1)20-14-13-18-19-15-16-26-27(21-8-2-6-12-25(21)34-26)29(19)33-23-10-4-3-9-22(23)32-31(33)28(18)30(20)35-24/h1-16H. The fourth-order valence-corrected chi connectivity index (χ4v) is 8.26. The summed E-state index contributed by atoms with van der Waals surface area (Å²) in [5, 5.41) is 9.10. The van der Waals surface area contributed by atoms with Crippen LogP contribution in [0.5, 0.6) is 0 Å². The van der Waals surface area contributed by atoms with E-state index in [0.29, 0.717) is 0 Å². The molecule has 162 valence electrons. The Bertz CT molecular complexity index is 2330. The van der Waals surface area contributed by atoms with Crippen LogP contribution in [0, 0.1) is 0 Å². The first-order chi connectivity index (χ1) is 17.4. The van der Waals surface area contributed by atoms with Gasteiger partial charge in [-0.05, 0) is 35.7 Å². The van der Waals surface area contributed by atoms with Crippen molar-refractivity contribution in [1.82, 2.24) is 9.38 Å². The Labute approximate surface area is 207 Å². The number of rotatable bonds is 0. The van der Waals surface area contributed by atoms with Crippen molar-refractivity contribution in [3.8, 4) is 0 Å². The Morgan fingerprint density at radius 1 is 0.514 bits per heavy atom. The van der Waals surface area contributed by atoms with E-state index in [0.717, 1.165) is 16.7 Å². The molecule has 0 radical (unpaired) electrons. The summed E-state index contributed by atoms with van der Waals surface area (Å²) in [7, 11) is 0. The van der Waals surface area contributed by atoms with Crippen LogP contribution in [-0.2, 0) is 0 Å². The van der Waals surface area contributed by atoms with Gasteiger partial charge in [0.1, 0.15) is 5.65 Å². The van der Waals surface area contributed by atoms with Crippen LogP contribution < -0.4 is 0 Å². The van der Waals surface area contributed by atoms with Crippen LogP contribution in [0.15, 0.2) is 97.1 Å². The number of thiophene rings is 2. The van der Waals surface area contributed by atoms with Crippen LogP contribution in [0.1, 0.15) is 0 Å². The predicted octanol–water partition coefficient (Wildman–Crippen LogP) is 9.53. The van der Waals surface area contributed by atoms with E-state index < -0.39 is 0 Å². The van der Waals surface area contributed by atoms with Crippen LogP contribution in [0.3, 0.4) is 0 Å². The van der Waals surface area contributed by atoms with E-state index in [4.69, 9.17) is 4.98 Å². The lowest BCUT2D eigenvalue weighted by Gasteiger charge is -2.11. The van der Waals surface area contributed by atoms with Crippen molar-refractivity contribution in [1.29, 1.82) is 0 Å². The maximum absolute atomic E-state index is 5.26. The number of nitrogens with zero attached hydrogens (tertiary/aromatic N) is 2. The summed E-state index contributed by atoms with van der Waals surface area (Å²) in [5.74, 6) is 0. The predicted molar refractivity (Wildman–Crippen MR) is 153 cm³/mol. The van der Waals surface area contributed by atoms with Crippen LogP contribution in [0.25, 0.3) is 78.7 Å². The topological polar surface area (TPSA) is 17.3 Å². The summed E-state index contributed by atoms with van der Waals surface area (Å²) in [4.78, 5) is 5.26. The van der Waals surface area contributed by atoms with Gasteiger partial charge >= 0.3 is 0 Å². The second-order valence-corrected chi connectivity index (χ2v) is 11.3. The van der Waals surface area contributed by atoms with Crippen LogP contribution in [-0.4, -0.2) is 9.38 Å². The number of benzene rings is 5. The van der Waals surface area contributed by atoms with E-state index in [1.807, 2.05) is 22.7 Å². The second kappa shape index (κ2) is 6.36. The second-order valence-electron chi connectivity index (χ2n) is 9.16. The summed E-state index contributed by atoms with van der Waals surface area (Å²) in [6.07, 6.45) is 0. The molecular weight excluding hydrogens is 464 g/mol. The highest BCUT2D eigenvalue weighted by atomic mass is 32.1. The van der Waals surface area contributed by atoms with Crippen LogP contribution >= 0.6 is 22.7 Å². The molecule has 0 saturated heterocycles. The minimum Gasteiger partial charge on any atom is -0.291 e. The van der Waals surface area contributed by atoms with Gasteiger partial charge in [0.05, 0.1) is 16.6 Å². The molecule has 0 N–H and O–H groups in total. The Hall–Kier alpha value is -3.99. The zero-order chi connectivity index (χ0) is 22.7. The monoisotopic (exact) mass is 480 g/mol. The molecular formula is C31H16N2S2. The third-order valence-corrected chi connectivity index (χ3v) is 9.70. The number of fused-ring (bicyclic) bond motifs is 16. The molecule has 0 aliphatic carbocycles. The number of hydrogen-bond donors (Lipinski definition) is 0. The van der Waals surface area contributed by atoms with Crippen molar-refractivity contribution in [3.05, 3.63) is 97.1 Å². The average Bonchev–Trinajstić information content (AvgIpc) is 3.59. The molecule has 0 fully saturated rings. The largest absolute Gasteiger partial charge is 0.291 e. The SMILES string of the molecule is c1ccc2c(c1)nc1c3c(ccc4c5ccccc5sc43)c3ccc4sc5ccccc5c4c3n21. The van der Waals surface area contributed by atoms with E-state index in [9.17, 15) is 0 Å². The molecule has 0 saturated carbocycles. The van der Waals surface area contributed by atoms with Crippen molar-refractivity contribution in [2.75, 3.05) is 0 Å². The lowest BCUT2D eigenvalue weighted by atomic mass is 10.0. The molecule has 35 heavy (non-hydrogen) atoms. The summed E-state index contributed by atoms with van der Waals surface area (Å²) >= 11 is 3.75. The summed E-state index contributed by atoms with van der Waals surface area (Å²) < 4.78 is 7.72. The first-order valence-electron chi connectivity index (χ1n) is 11.7. The first kappa shape index (κ1) is 18.4. The summed E-state index contributed by atoms with van der Waals surface area (Å²) in [6, 6.07) is 35.3. The van der Waals surface area contributed by atoms with Crippen molar-refractivity contribution < 1.29 is 0 Å². The highest BCUT2D eigenvalue weighted by Gasteiger charge is 2.20. The molecule has 0 unspecified atom stereocenters. The molecule has 9 aromatic rings. The molecule has 0 spiro atoms. The maximum atomic E-state index is 5.26. The average molecular weight is 481 g/mol. The molecule has 2 nitrogen and oxygen atoms in total. The van der Waals surface area contributed by atoms with Crippen LogP contribution in [0.4, 0.5) is 0 Å². The van der Waals surface area contributed by atoms with Gasteiger partial charge in [-0.3, -0.25) is 4.40 Å². The molecule has 5 aromatic carbocycles. The fourth-order valence-electron chi connectivity index (χ4n) is 5.90. The molecule has 0 aliphatic rings. The molecule has 0 amide bonds. The minimum atomic E-state index is 1.04. The summed E-state index contributed by atoms with van der Waals surface area (Å²) in [6.45, 7) is 0. The van der Waals surface area contributed by atoms with E-state index in [2.05, 4.69) is 101 Å². The quantitative estimate of drug-likeness (QED) is 0.198. The highest BCUT2D eigenvalue weighted by Crippen LogP contribution is 2.46. The first-order valence-corrected chi connectivity index (χ1v) is 13.4. The molecule has 4 heteroatoms. The Kier molecular flexibility index (Phi) is 3.34. The van der Waals surface area contributed by atoms with Gasteiger partial charge in [0.25, 0.3) is 0 Å². The number of pyridine rings is 1. The molecule has 0 bridgehead atoms. The minimum absolute atomic E-state index is 1.04. The van der Waals surface area contributed by atoms with Crippen molar-refractivity contribution >= 4 is 101 Å². The molecule has 0 atom stereocenters. The Balaban J connectivity index is 1.67.